The summed E-state index contributed by atoms with van der Waals surface area (Å²) >= 11 is 0. The van der Waals surface area contributed by atoms with E-state index in [1.54, 1.807) is 37.7 Å². The molecule has 4 radical (unpaired) electrons. The molecular formula is C73H57F3Ir4N4O2-4. The van der Waals surface area contributed by atoms with E-state index in [9.17, 15) is 18.3 Å². The zero-order valence-corrected chi connectivity index (χ0v) is 56.3. The van der Waals surface area contributed by atoms with Gasteiger partial charge in [-0.15, -0.1) is 143 Å². The SMILES string of the molecule is COc1ccccc1-c1ccc(-c2[c-]cccc2)nc1.Cc1ccccc1-c1ccc(-c2[c-]cccc2)nc1.FC(F)F.Oc1ccccc1-c1ccc(-c2[c-]cccc2)nc1.[2H]c1[c-]c(-c2ccc(-c3c(C)cccc3C)cn2)c([2H])c([2H])c1[2H].[Ir].[Ir].[Ir].[Ir]. The molecule has 0 bridgehead atoms. The molecule has 0 aliphatic rings. The number of ether oxygens (including phenoxy) is 1. The monoisotopic (exact) mass is 1850 g/mol. The van der Waals surface area contributed by atoms with E-state index in [2.05, 4.69) is 114 Å². The number of benzene rings is 8. The molecule has 4 heterocycles. The van der Waals surface area contributed by atoms with E-state index in [1.165, 1.54) is 11.1 Å². The average molecular weight is 1850 g/mol. The molecule has 4 aromatic heterocycles. The summed E-state index contributed by atoms with van der Waals surface area (Å²) in [5.41, 5.74) is 18.4. The van der Waals surface area contributed by atoms with Crippen LogP contribution in [0.15, 0.2) is 261 Å². The van der Waals surface area contributed by atoms with E-state index in [0.29, 0.717) is 5.69 Å². The molecule has 0 saturated heterocycles. The van der Waals surface area contributed by atoms with Crippen LogP contribution in [0.4, 0.5) is 13.2 Å². The van der Waals surface area contributed by atoms with Crippen molar-refractivity contribution in [3.05, 3.63) is 302 Å². The Morgan fingerprint density at radius 2 is 0.791 bits per heavy atom. The number of para-hydroxylation sites is 2. The number of methoxy groups -OCH3 is 1. The number of pyridine rings is 4. The maximum Gasteiger partial charge on any atom is 0.379 e. The molecule has 0 saturated carbocycles. The predicted octanol–water partition coefficient (Wildman–Crippen LogP) is 18.7. The van der Waals surface area contributed by atoms with Crippen molar-refractivity contribution in [2.24, 2.45) is 0 Å². The van der Waals surface area contributed by atoms with Gasteiger partial charge in [-0.25, -0.2) is 0 Å². The molecule has 0 fully saturated rings. The minimum absolute atomic E-state index is 0. The van der Waals surface area contributed by atoms with Crippen LogP contribution in [0.5, 0.6) is 11.5 Å². The largest absolute Gasteiger partial charge is 0.507 e. The Morgan fingerprint density at radius 3 is 1.22 bits per heavy atom. The van der Waals surface area contributed by atoms with Crippen LogP contribution in [0.2, 0.25) is 0 Å². The van der Waals surface area contributed by atoms with Crippen molar-refractivity contribution in [3.63, 3.8) is 0 Å². The number of halogens is 3. The van der Waals surface area contributed by atoms with Gasteiger partial charge in [-0.1, -0.05) is 127 Å². The van der Waals surface area contributed by atoms with Gasteiger partial charge < -0.3 is 29.8 Å². The Balaban J connectivity index is 0.000000248. The molecule has 442 valence electrons. The summed E-state index contributed by atoms with van der Waals surface area (Å²) in [6, 6.07) is 80.3. The molecule has 0 unspecified atom stereocenters. The number of hydrogen-bond donors (Lipinski definition) is 1. The first-order valence-electron chi connectivity index (χ1n) is 27.9. The quantitative estimate of drug-likeness (QED) is 0.145. The Hall–Kier alpha value is -7.65. The number of alkyl halides is 3. The maximum atomic E-state index is 9.82. The molecule has 12 rings (SSSR count). The van der Waals surface area contributed by atoms with Crippen LogP contribution in [-0.2, 0) is 80.4 Å². The summed E-state index contributed by atoms with van der Waals surface area (Å²) in [4.78, 5) is 17.9. The Morgan fingerprint density at radius 1 is 0.407 bits per heavy atom. The van der Waals surface area contributed by atoms with Gasteiger partial charge >= 0.3 is 6.68 Å². The molecule has 12 aromatic rings. The van der Waals surface area contributed by atoms with Crippen molar-refractivity contribution in [2.45, 2.75) is 27.5 Å². The van der Waals surface area contributed by atoms with Gasteiger partial charge in [-0.05, 0) is 97.4 Å². The number of nitrogens with zero attached hydrogens (tertiary/aromatic N) is 4. The molecule has 0 spiro atoms. The zero-order valence-electron chi connectivity index (χ0n) is 50.7. The summed E-state index contributed by atoms with van der Waals surface area (Å²) in [6.07, 6.45) is 7.30. The third-order valence-corrected chi connectivity index (χ3v) is 12.6. The first-order valence-corrected chi connectivity index (χ1v) is 25.9. The summed E-state index contributed by atoms with van der Waals surface area (Å²) in [7, 11) is 1.68. The molecule has 13 heteroatoms. The van der Waals surface area contributed by atoms with Gasteiger partial charge in [0.05, 0.1) is 7.11 Å². The van der Waals surface area contributed by atoms with Gasteiger partial charge in [-0.3, -0.25) is 0 Å². The van der Waals surface area contributed by atoms with Crippen LogP contribution in [0.1, 0.15) is 22.2 Å². The van der Waals surface area contributed by atoms with Gasteiger partial charge in [0, 0.05) is 130 Å². The number of phenols is 1. The third kappa shape index (κ3) is 20.5. The van der Waals surface area contributed by atoms with Crippen LogP contribution in [0.3, 0.4) is 0 Å². The average Bonchev–Trinajstić information content (AvgIpc) is 3.02. The fourth-order valence-corrected chi connectivity index (χ4v) is 8.63. The van der Waals surface area contributed by atoms with Crippen molar-refractivity contribution >= 4 is 0 Å². The third-order valence-electron chi connectivity index (χ3n) is 12.6. The zero-order chi connectivity index (χ0) is 61.0. The molecule has 0 aliphatic heterocycles. The summed E-state index contributed by atoms with van der Waals surface area (Å²) in [6.45, 7) is 2.56. The van der Waals surface area contributed by atoms with Gasteiger partial charge in [0.25, 0.3) is 0 Å². The minimum atomic E-state index is -3.67. The fourth-order valence-electron chi connectivity index (χ4n) is 8.63. The van der Waals surface area contributed by atoms with Gasteiger partial charge in [0.1, 0.15) is 11.5 Å². The molecule has 0 aliphatic carbocycles. The van der Waals surface area contributed by atoms with Crippen molar-refractivity contribution < 1.29 is 109 Å². The minimum Gasteiger partial charge on any atom is -0.507 e. The molecule has 0 amide bonds. The van der Waals surface area contributed by atoms with Gasteiger partial charge in [0.15, 0.2) is 0 Å². The van der Waals surface area contributed by atoms with E-state index >= 15 is 0 Å². The first kappa shape index (κ1) is 64.3. The number of phenolic OH excluding ortho intramolecular Hbond substituents is 1. The van der Waals surface area contributed by atoms with Crippen LogP contribution in [-0.4, -0.2) is 38.8 Å². The number of hydrogen-bond acceptors (Lipinski definition) is 6. The molecule has 86 heavy (non-hydrogen) atoms. The fraction of sp³-hybridized carbons (Fsp3) is 0.0685. The van der Waals surface area contributed by atoms with Gasteiger partial charge in [-0.2, -0.15) is 13.2 Å². The molecule has 0 atom stereocenters. The molecule has 8 aromatic carbocycles. The summed E-state index contributed by atoms with van der Waals surface area (Å²) in [5.74, 6) is 1.12. The van der Waals surface area contributed by atoms with Crippen molar-refractivity contribution in [1.29, 1.82) is 0 Å². The Labute approximate surface area is 562 Å². The van der Waals surface area contributed by atoms with Crippen LogP contribution in [0, 0.1) is 45.0 Å². The van der Waals surface area contributed by atoms with E-state index in [1.807, 2.05) is 158 Å². The normalized spacial score (nSPS) is 10.5. The second-order valence-electron chi connectivity index (χ2n) is 18.1. The van der Waals surface area contributed by atoms with E-state index in [4.69, 9.17) is 10.2 Å². The van der Waals surface area contributed by atoms with E-state index in [0.717, 1.165) is 89.6 Å². The topological polar surface area (TPSA) is 81.0 Å². The van der Waals surface area contributed by atoms with Gasteiger partial charge in [0.2, 0.25) is 0 Å². The number of aryl methyl sites for hydroxylation is 3. The Kier molecular flexibility index (Phi) is 27.7. The Bertz CT molecular complexity index is 3970. The van der Waals surface area contributed by atoms with E-state index < -0.39 is 6.68 Å². The number of aromatic nitrogens is 4. The van der Waals surface area contributed by atoms with E-state index in [-0.39, 0.29) is 116 Å². The predicted molar refractivity (Wildman–Crippen MR) is 325 cm³/mol. The summed E-state index contributed by atoms with van der Waals surface area (Å²) < 4.78 is 65.4. The number of aromatic hydroxyl groups is 1. The second kappa shape index (κ2) is 37.0. The van der Waals surface area contributed by atoms with Crippen LogP contribution < -0.4 is 4.74 Å². The molecule has 6 nitrogen and oxygen atoms in total. The van der Waals surface area contributed by atoms with Crippen molar-refractivity contribution in [1.82, 2.24) is 19.9 Å². The van der Waals surface area contributed by atoms with Crippen molar-refractivity contribution in [3.8, 4) is 101 Å². The number of rotatable bonds is 9. The molecule has 1 N–H and O–H groups in total. The van der Waals surface area contributed by atoms with Crippen LogP contribution in [0.25, 0.3) is 89.5 Å². The second-order valence-corrected chi connectivity index (χ2v) is 18.1. The summed E-state index contributed by atoms with van der Waals surface area (Å²) in [5, 5.41) is 9.82. The van der Waals surface area contributed by atoms with Crippen LogP contribution >= 0.6 is 0 Å². The van der Waals surface area contributed by atoms with Crippen molar-refractivity contribution in [2.75, 3.05) is 7.11 Å². The maximum absolute atomic E-state index is 9.82. The molecular weight excluding hydrogens is 1790 g/mol. The smallest absolute Gasteiger partial charge is 0.379 e. The first-order chi connectivity index (χ1) is 41.7. The standard InChI is InChI=1S/C19H16N.C18H14NO.C18H14N.C17H12NO.CHF3.4Ir/c1-14-7-6-8-15(2)19(14)17-11-12-18(20-13-17)16-9-4-3-5-10-16;1-20-18-10-6-5-9-16(18)15-11-12-17(19-13-15)14-7-3-2-4-8-14;1-14-7-5-6-10-17(14)16-11-12-18(19-13-16)15-8-3-2-4-9-15;19-17-9-5-4-8-15(17)14-10-11-16(18-12-14)13-6-2-1-3-7-13;2-1(3)4;;;;/h3-9,11-13H,1-2H3;2-7,9-13H,1H3;2-8,10-13H,1H3;1-6,8-12,19H;1H;;;;/q4*-1;;;;;/i3D,4D,5D,9D;;;;;;;;.